The van der Waals surface area contributed by atoms with Crippen LogP contribution in [0.25, 0.3) is 0 Å². The van der Waals surface area contributed by atoms with Gasteiger partial charge in [-0.15, -0.1) is 11.6 Å². The largest absolute Gasteiger partial charge is 0.214 e. The van der Waals surface area contributed by atoms with E-state index in [1.54, 1.807) is 7.05 Å². The van der Waals surface area contributed by atoms with E-state index in [9.17, 15) is 8.42 Å². The van der Waals surface area contributed by atoms with E-state index in [1.165, 1.54) is 4.31 Å². The van der Waals surface area contributed by atoms with Crippen LogP contribution in [0.15, 0.2) is 30.3 Å². The lowest BCUT2D eigenvalue weighted by Crippen LogP contribution is -2.32. The van der Waals surface area contributed by atoms with Crippen molar-refractivity contribution in [2.45, 2.75) is 12.8 Å². The van der Waals surface area contributed by atoms with Gasteiger partial charge >= 0.3 is 0 Å². The predicted octanol–water partition coefficient (Wildman–Crippen LogP) is 2.29. The highest BCUT2D eigenvalue weighted by atomic mass is 35.5. The third kappa shape index (κ3) is 4.30. The molecule has 0 aliphatic rings. The Bertz CT molecular complexity index is 433. The van der Waals surface area contributed by atoms with Crippen molar-refractivity contribution < 1.29 is 8.42 Å². The lowest BCUT2D eigenvalue weighted by atomic mass is 10.0. The van der Waals surface area contributed by atoms with Crippen molar-refractivity contribution in [2.75, 3.05) is 25.2 Å². The van der Waals surface area contributed by atoms with Crippen LogP contribution in [0, 0.1) is 0 Å². The molecule has 0 fully saturated rings. The molecule has 0 saturated heterocycles. The molecule has 1 aromatic rings. The van der Waals surface area contributed by atoms with Crippen LogP contribution < -0.4 is 0 Å². The summed E-state index contributed by atoms with van der Waals surface area (Å²) in [6.07, 6.45) is 0. The Morgan fingerprint density at radius 3 is 2.41 bits per heavy atom. The monoisotopic (exact) mass is 275 g/mol. The lowest BCUT2D eigenvalue weighted by Gasteiger charge is -2.19. The van der Waals surface area contributed by atoms with E-state index >= 15 is 0 Å². The van der Waals surface area contributed by atoms with E-state index in [4.69, 9.17) is 11.6 Å². The first-order valence-corrected chi connectivity index (χ1v) is 7.66. The molecule has 5 heteroatoms. The van der Waals surface area contributed by atoms with Crippen LogP contribution in [0.2, 0.25) is 0 Å². The molecule has 0 aromatic heterocycles. The summed E-state index contributed by atoms with van der Waals surface area (Å²) in [4.78, 5) is 0. The number of rotatable bonds is 6. The Morgan fingerprint density at radius 2 is 1.88 bits per heavy atom. The van der Waals surface area contributed by atoms with E-state index in [-0.39, 0.29) is 11.7 Å². The van der Waals surface area contributed by atoms with Crippen LogP contribution in [0.5, 0.6) is 0 Å². The van der Waals surface area contributed by atoms with Crippen LogP contribution in [-0.4, -0.2) is 37.9 Å². The number of nitrogens with zero attached hydrogens (tertiary/aromatic N) is 1. The second-order valence-electron chi connectivity index (χ2n) is 4.10. The Hall–Kier alpha value is -0.580. The molecule has 17 heavy (non-hydrogen) atoms. The zero-order valence-electron chi connectivity index (χ0n) is 10.1. The minimum Gasteiger partial charge on any atom is -0.212 e. The molecule has 0 radical (unpaired) electrons. The molecule has 1 unspecified atom stereocenters. The summed E-state index contributed by atoms with van der Waals surface area (Å²) >= 11 is 5.55. The molecule has 0 heterocycles. The number of sulfonamides is 1. The maximum Gasteiger partial charge on any atom is 0.214 e. The van der Waals surface area contributed by atoms with Gasteiger partial charge in [-0.3, -0.25) is 0 Å². The Kier molecular flexibility index (Phi) is 5.43. The third-order valence-corrected chi connectivity index (χ3v) is 4.93. The molecule has 0 aliphatic heterocycles. The van der Waals surface area contributed by atoms with Crippen molar-refractivity contribution >= 4 is 21.6 Å². The highest BCUT2D eigenvalue weighted by molar-refractivity contribution is 7.89. The summed E-state index contributed by atoms with van der Waals surface area (Å²) in [6.45, 7) is 2.27. The molecular formula is C12H18ClNO2S. The topological polar surface area (TPSA) is 37.4 Å². The zero-order chi connectivity index (χ0) is 12.9. The summed E-state index contributed by atoms with van der Waals surface area (Å²) in [5.41, 5.74) is 1.04. The van der Waals surface area contributed by atoms with Crippen molar-refractivity contribution in [2.24, 2.45) is 0 Å². The second kappa shape index (κ2) is 6.38. The maximum atomic E-state index is 12.0. The number of alkyl halides is 1. The molecule has 0 spiro atoms. The Morgan fingerprint density at radius 1 is 1.29 bits per heavy atom. The SMILES string of the molecule is CC(CS(=O)(=O)N(C)CCCl)c1ccccc1. The number of benzene rings is 1. The summed E-state index contributed by atoms with van der Waals surface area (Å²) in [5, 5.41) is 0. The first-order chi connectivity index (χ1) is 7.97. The smallest absolute Gasteiger partial charge is 0.212 e. The summed E-state index contributed by atoms with van der Waals surface area (Å²) < 4.78 is 25.3. The molecule has 3 nitrogen and oxygen atoms in total. The average Bonchev–Trinajstić information content (AvgIpc) is 2.30. The molecule has 1 rings (SSSR count). The van der Waals surface area contributed by atoms with Crippen LogP contribution >= 0.6 is 11.6 Å². The molecule has 0 bridgehead atoms. The number of hydrogen-bond acceptors (Lipinski definition) is 2. The molecule has 1 atom stereocenters. The van der Waals surface area contributed by atoms with Gasteiger partial charge in [-0.25, -0.2) is 12.7 Å². The van der Waals surface area contributed by atoms with Gasteiger partial charge in [-0.05, 0) is 11.5 Å². The highest BCUT2D eigenvalue weighted by Gasteiger charge is 2.21. The van der Waals surface area contributed by atoms with Crippen LogP contribution in [0.1, 0.15) is 18.4 Å². The van der Waals surface area contributed by atoms with E-state index in [1.807, 2.05) is 37.3 Å². The fourth-order valence-electron chi connectivity index (χ4n) is 1.58. The number of halogens is 1. The van der Waals surface area contributed by atoms with Gasteiger partial charge in [0.05, 0.1) is 5.75 Å². The van der Waals surface area contributed by atoms with E-state index in [0.29, 0.717) is 12.4 Å². The third-order valence-electron chi connectivity index (χ3n) is 2.70. The molecule has 0 aliphatic carbocycles. The maximum absolute atomic E-state index is 12.0. The van der Waals surface area contributed by atoms with Gasteiger partial charge in [0, 0.05) is 19.5 Å². The fraction of sp³-hybridized carbons (Fsp3) is 0.500. The van der Waals surface area contributed by atoms with Gasteiger partial charge in [0.2, 0.25) is 10.0 Å². The van der Waals surface area contributed by atoms with Crippen LogP contribution in [0.4, 0.5) is 0 Å². The van der Waals surface area contributed by atoms with Crippen molar-refractivity contribution in [3.63, 3.8) is 0 Å². The molecule has 0 saturated carbocycles. The van der Waals surface area contributed by atoms with E-state index in [0.717, 1.165) is 5.56 Å². The number of hydrogen-bond donors (Lipinski definition) is 0. The summed E-state index contributed by atoms with van der Waals surface area (Å²) in [6, 6.07) is 9.65. The van der Waals surface area contributed by atoms with Crippen molar-refractivity contribution in [3.05, 3.63) is 35.9 Å². The second-order valence-corrected chi connectivity index (χ2v) is 6.60. The van der Waals surface area contributed by atoms with Gasteiger partial charge in [-0.1, -0.05) is 37.3 Å². The predicted molar refractivity (Wildman–Crippen MR) is 72.0 cm³/mol. The van der Waals surface area contributed by atoms with Crippen LogP contribution in [0.3, 0.4) is 0 Å². The standard InChI is InChI=1S/C12H18ClNO2S/c1-11(12-6-4-3-5-7-12)10-17(15,16)14(2)9-8-13/h3-7,11H,8-10H2,1-2H3. The minimum atomic E-state index is -3.22. The van der Waals surface area contributed by atoms with Gasteiger partial charge < -0.3 is 0 Å². The first kappa shape index (κ1) is 14.5. The molecule has 1 aromatic carbocycles. The van der Waals surface area contributed by atoms with Gasteiger partial charge in [0.25, 0.3) is 0 Å². The summed E-state index contributed by atoms with van der Waals surface area (Å²) in [5.74, 6) is 0.416. The molecule has 96 valence electrons. The molecule has 0 N–H and O–H groups in total. The van der Waals surface area contributed by atoms with Gasteiger partial charge in [-0.2, -0.15) is 0 Å². The Labute approximate surface area is 108 Å². The Balaban J connectivity index is 2.71. The quantitative estimate of drug-likeness (QED) is 0.747. The van der Waals surface area contributed by atoms with Gasteiger partial charge in [0.1, 0.15) is 0 Å². The minimum absolute atomic E-state index is 0.0148. The summed E-state index contributed by atoms with van der Waals surface area (Å²) in [7, 11) is -1.66. The first-order valence-electron chi connectivity index (χ1n) is 5.52. The van der Waals surface area contributed by atoms with E-state index in [2.05, 4.69) is 0 Å². The van der Waals surface area contributed by atoms with Gasteiger partial charge in [0.15, 0.2) is 0 Å². The van der Waals surface area contributed by atoms with E-state index < -0.39 is 10.0 Å². The van der Waals surface area contributed by atoms with Crippen molar-refractivity contribution in [1.29, 1.82) is 0 Å². The molecular weight excluding hydrogens is 258 g/mol. The lowest BCUT2D eigenvalue weighted by molar-refractivity contribution is 0.484. The van der Waals surface area contributed by atoms with Crippen molar-refractivity contribution in [1.82, 2.24) is 4.31 Å². The van der Waals surface area contributed by atoms with Crippen molar-refractivity contribution in [3.8, 4) is 0 Å². The average molecular weight is 276 g/mol. The zero-order valence-corrected chi connectivity index (χ0v) is 11.7. The van der Waals surface area contributed by atoms with Crippen LogP contribution in [-0.2, 0) is 10.0 Å². The fourth-order valence-corrected chi connectivity index (χ4v) is 3.38. The normalized spacial score (nSPS) is 13.9. The molecule has 0 amide bonds. The highest BCUT2D eigenvalue weighted by Crippen LogP contribution is 2.18.